The third-order valence-corrected chi connectivity index (χ3v) is 2.88. The van der Waals surface area contributed by atoms with E-state index in [1.54, 1.807) is 7.11 Å². The molecule has 0 aliphatic rings. The van der Waals surface area contributed by atoms with Crippen LogP contribution in [0.1, 0.15) is 19.4 Å². The Morgan fingerprint density at radius 3 is 2.89 bits per heavy atom. The van der Waals surface area contributed by atoms with Gasteiger partial charge in [0.1, 0.15) is 11.6 Å². The van der Waals surface area contributed by atoms with Crippen molar-refractivity contribution in [3.05, 3.63) is 23.6 Å². The molecule has 0 aliphatic heterocycles. The summed E-state index contributed by atoms with van der Waals surface area (Å²) in [6.07, 6.45) is 1.25. The fourth-order valence-electron chi connectivity index (χ4n) is 1.74. The Labute approximate surface area is 108 Å². The summed E-state index contributed by atoms with van der Waals surface area (Å²) in [4.78, 5) is 6.20. The number of likely N-dealkylation sites (N-methyl/N-ethyl adjacent to an activating group) is 1. The number of nitrogens with zero attached hydrogens (tertiary/aromatic N) is 2. The summed E-state index contributed by atoms with van der Waals surface area (Å²) >= 11 is 0. The molecule has 4 nitrogen and oxygen atoms in total. The Morgan fingerprint density at radius 2 is 2.28 bits per heavy atom. The van der Waals surface area contributed by atoms with Crippen molar-refractivity contribution in [1.29, 1.82) is 0 Å². The van der Waals surface area contributed by atoms with Crippen molar-refractivity contribution in [2.75, 3.05) is 32.2 Å². The average Bonchev–Trinajstić information content (AvgIpc) is 2.36. The maximum absolute atomic E-state index is 13.3. The smallest absolute Gasteiger partial charge is 0.141 e. The molecule has 102 valence electrons. The minimum atomic E-state index is -0.306. The maximum Gasteiger partial charge on any atom is 0.141 e. The van der Waals surface area contributed by atoms with Gasteiger partial charge in [-0.15, -0.1) is 0 Å². The van der Waals surface area contributed by atoms with Crippen LogP contribution in [0.2, 0.25) is 0 Å². The van der Waals surface area contributed by atoms with Crippen molar-refractivity contribution in [2.45, 2.75) is 26.4 Å². The summed E-state index contributed by atoms with van der Waals surface area (Å²) in [6.45, 7) is 6.12. The lowest BCUT2D eigenvalue weighted by Crippen LogP contribution is -2.34. The molecule has 0 spiro atoms. The zero-order chi connectivity index (χ0) is 13.5. The van der Waals surface area contributed by atoms with E-state index in [4.69, 9.17) is 4.74 Å². The predicted octanol–water partition coefficient (Wildman–Crippen LogP) is 1.80. The summed E-state index contributed by atoms with van der Waals surface area (Å²) in [5.41, 5.74) is 0.863. The number of nitrogens with one attached hydrogen (secondary N) is 1. The molecule has 1 aromatic heterocycles. The van der Waals surface area contributed by atoms with Crippen LogP contribution in [0.15, 0.2) is 12.3 Å². The summed E-state index contributed by atoms with van der Waals surface area (Å²) in [6, 6.07) is 1.72. The van der Waals surface area contributed by atoms with Crippen molar-refractivity contribution < 1.29 is 9.13 Å². The van der Waals surface area contributed by atoms with E-state index in [-0.39, 0.29) is 11.9 Å². The first-order chi connectivity index (χ1) is 8.60. The summed E-state index contributed by atoms with van der Waals surface area (Å²) in [5, 5.41) is 3.19. The van der Waals surface area contributed by atoms with E-state index in [2.05, 4.69) is 10.3 Å². The summed E-state index contributed by atoms with van der Waals surface area (Å²) in [7, 11) is 3.61. The van der Waals surface area contributed by atoms with Crippen molar-refractivity contribution in [3.63, 3.8) is 0 Å². The van der Waals surface area contributed by atoms with Crippen LogP contribution in [-0.2, 0) is 11.3 Å². The maximum atomic E-state index is 13.3. The number of hydrogen-bond acceptors (Lipinski definition) is 4. The molecule has 1 atom stereocenters. The second-order valence-corrected chi connectivity index (χ2v) is 4.33. The van der Waals surface area contributed by atoms with E-state index in [0.29, 0.717) is 13.2 Å². The lowest BCUT2D eigenvalue weighted by atomic mass is 10.2. The van der Waals surface area contributed by atoms with Gasteiger partial charge < -0.3 is 15.0 Å². The molecule has 5 heteroatoms. The van der Waals surface area contributed by atoms with Crippen LogP contribution >= 0.6 is 0 Å². The molecule has 0 saturated carbocycles. The fraction of sp³-hybridized carbons (Fsp3) is 0.615. The van der Waals surface area contributed by atoms with E-state index in [0.717, 1.165) is 17.9 Å². The van der Waals surface area contributed by atoms with Gasteiger partial charge in [-0.1, -0.05) is 6.92 Å². The molecule has 0 aliphatic carbocycles. The Kier molecular flexibility index (Phi) is 6.01. The van der Waals surface area contributed by atoms with E-state index in [1.165, 1.54) is 12.3 Å². The number of rotatable bonds is 7. The topological polar surface area (TPSA) is 37.4 Å². The van der Waals surface area contributed by atoms with Crippen LogP contribution in [0.3, 0.4) is 0 Å². The first-order valence-corrected chi connectivity index (χ1v) is 6.17. The van der Waals surface area contributed by atoms with Crippen molar-refractivity contribution in [1.82, 2.24) is 10.3 Å². The summed E-state index contributed by atoms with van der Waals surface area (Å²) < 4.78 is 18.4. The molecule has 1 unspecified atom stereocenters. The SMILES string of the molecule is CCNCc1cc(F)cnc1N(C)C(C)COC. The van der Waals surface area contributed by atoms with Crippen molar-refractivity contribution >= 4 is 5.82 Å². The second kappa shape index (κ2) is 7.28. The molecule has 1 N–H and O–H groups in total. The molecule has 0 fully saturated rings. The number of hydrogen-bond donors (Lipinski definition) is 1. The third kappa shape index (κ3) is 3.92. The van der Waals surface area contributed by atoms with Gasteiger partial charge in [0.05, 0.1) is 18.8 Å². The van der Waals surface area contributed by atoms with Crippen molar-refractivity contribution in [3.8, 4) is 0 Å². The van der Waals surface area contributed by atoms with Gasteiger partial charge in [-0.05, 0) is 19.5 Å². The van der Waals surface area contributed by atoms with Crippen LogP contribution in [0.4, 0.5) is 10.2 Å². The molecule has 1 aromatic rings. The second-order valence-electron chi connectivity index (χ2n) is 4.33. The zero-order valence-electron chi connectivity index (χ0n) is 11.5. The molecule has 1 rings (SSSR count). The highest BCUT2D eigenvalue weighted by Crippen LogP contribution is 2.19. The summed E-state index contributed by atoms with van der Waals surface area (Å²) in [5.74, 6) is 0.487. The number of pyridine rings is 1. The number of ether oxygens (including phenoxy) is 1. The Balaban J connectivity index is 2.91. The van der Waals surface area contributed by atoms with Crippen LogP contribution in [0, 0.1) is 5.82 Å². The Hall–Kier alpha value is -1.20. The van der Waals surface area contributed by atoms with Gasteiger partial charge in [0.15, 0.2) is 0 Å². The van der Waals surface area contributed by atoms with Gasteiger partial charge in [0, 0.05) is 26.3 Å². The highest BCUT2D eigenvalue weighted by atomic mass is 19.1. The van der Waals surface area contributed by atoms with Gasteiger partial charge in [-0.3, -0.25) is 0 Å². The van der Waals surface area contributed by atoms with Gasteiger partial charge in [-0.25, -0.2) is 9.37 Å². The largest absolute Gasteiger partial charge is 0.383 e. The Morgan fingerprint density at radius 1 is 1.56 bits per heavy atom. The molecular formula is C13H22FN3O. The van der Waals surface area contributed by atoms with E-state index >= 15 is 0 Å². The predicted molar refractivity (Wildman–Crippen MR) is 71.3 cm³/mol. The number of methoxy groups -OCH3 is 1. The fourth-order valence-corrected chi connectivity index (χ4v) is 1.74. The third-order valence-electron chi connectivity index (χ3n) is 2.88. The minimum absolute atomic E-state index is 0.188. The molecule has 1 heterocycles. The van der Waals surface area contributed by atoms with Crippen LogP contribution in [0.5, 0.6) is 0 Å². The van der Waals surface area contributed by atoms with Gasteiger partial charge >= 0.3 is 0 Å². The van der Waals surface area contributed by atoms with Gasteiger partial charge in [-0.2, -0.15) is 0 Å². The molecule has 0 radical (unpaired) electrons. The molecule has 0 bridgehead atoms. The average molecular weight is 255 g/mol. The number of aromatic nitrogens is 1. The van der Waals surface area contributed by atoms with E-state index < -0.39 is 0 Å². The number of halogens is 1. The zero-order valence-corrected chi connectivity index (χ0v) is 11.5. The minimum Gasteiger partial charge on any atom is -0.383 e. The Bertz CT molecular complexity index is 373. The van der Waals surface area contributed by atoms with Crippen LogP contribution in [-0.4, -0.2) is 38.3 Å². The molecule has 0 saturated heterocycles. The highest BCUT2D eigenvalue weighted by Gasteiger charge is 2.15. The van der Waals surface area contributed by atoms with E-state index in [1.807, 2.05) is 25.8 Å². The van der Waals surface area contributed by atoms with Gasteiger partial charge in [0.25, 0.3) is 0 Å². The highest BCUT2D eigenvalue weighted by molar-refractivity contribution is 5.47. The normalized spacial score (nSPS) is 12.5. The standard InChI is InChI=1S/C13H22FN3O/c1-5-15-7-11-6-12(14)8-16-13(11)17(3)10(2)9-18-4/h6,8,10,15H,5,7,9H2,1-4H3. The van der Waals surface area contributed by atoms with Crippen LogP contribution in [0.25, 0.3) is 0 Å². The van der Waals surface area contributed by atoms with E-state index in [9.17, 15) is 4.39 Å². The lowest BCUT2D eigenvalue weighted by Gasteiger charge is -2.27. The first kappa shape index (κ1) is 14.9. The monoisotopic (exact) mass is 255 g/mol. The van der Waals surface area contributed by atoms with Gasteiger partial charge in [0.2, 0.25) is 0 Å². The van der Waals surface area contributed by atoms with Crippen LogP contribution < -0.4 is 10.2 Å². The molecule has 0 aromatic carbocycles. The molecular weight excluding hydrogens is 233 g/mol. The quantitative estimate of drug-likeness (QED) is 0.806. The molecule has 18 heavy (non-hydrogen) atoms. The molecule has 0 amide bonds. The lowest BCUT2D eigenvalue weighted by molar-refractivity contribution is 0.183. The number of anilines is 1. The first-order valence-electron chi connectivity index (χ1n) is 6.17. The van der Waals surface area contributed by atoms with Crippen molar-refractivity contribution in [2.24, 2.45) is 0 Å².